The quantitative estimate of drug-likeness (QED) is 0.143. The van der Waals surface area contributed by atoms with Crippen LogP contribution in [-0.4, -0.2) is 123 Å². The molecular formula is C29H24O20. The van der Waals surface area contributed by atoms with Crippen LogP contribution in [-0.2, 0) is 0 Å². The number of carboxylic acid groups (broad SMARTS) is 9. The van der Waals surface area contributed by atoms with E-state index in [1.165, 1.54) is 0 Å². The van der Waals surface area contributed by atoms with Crippen LogP contribution in [0.2, 0.25) is 0 Å². The number of aromatic carboxylic acids is 9. The molecule has 11 N–H and O–H groups in total. The van der Waals surface area contributed by atoms with Gasteiger partial charge in [0.2, 0.25) is 0 Å². The first-order chi connectivity index (χ1) is 22.7. The largest absolute Gasteiger partial charge is 0.478 e. The molecule has 49 heavy (non-hydrogen) atoms. The first-order valence-electron chi connectivity index (χ1n) is 12.4. The van der Waals surface area contributed by atoms with E-state index in [0.717, 1.165) is 54.6 Å². The van der Waals surface area contributed by atoms with E-state index in [0.29, 0.717) is 0 Å². The highest BCUT2D eigenvalue weighted by Crippen LogP contribution is 2.15. The zero-order chi connectivity index (χ0) is 38.2. The number of rotatable bonds is 10. The summed E-state index contributed by atoms with van der Waals surface area (Å²) in [7, 11) is 0. The number of carboxylic acids is 9. The van der Waals surface area contributed by atoms with Crippen molar-refractivity contribution in [2.45, 2.75) is 0 Å². The summed E-state index contributed by atoms with van der Waals surface area (Å²) in [5.74, 6) is -12.6. The van der Waals surface area contributed by atoms with Gasteiger partial charge in [-0.25, -0.2) is 43.2 Å². The van der Waals surface area contributed by atoms with E-state index < -0.39 is 87.1 Å². The highest BCUT2D eigenvalue weighted by atomic mass is 16.4. The van der Waals surface area contributed by atoms with Crippen molar-refractivity contribution in [1.29, 1.82) is 0 Å². The number of aliphatic hydroxyl groups excluding tert-OH is 2. The molecule has 3 aromatic carbocycles. The van der Waals surface area contributed by atoms with Gasteiger partial charge in [-0.3, -0.25) is 0 Å². The van der Waals surface area contributed by atoms with Gasteiger partial charge in [0.1, 0.15) is 0 Å². The summed E-state index contributed by atoms with van der Waals surface area (Å²) < 4.78 is 0. The average Bonchev–Trinajstić information content (AvgIpc) is 3.04. The van der Waals surface area contributed by atoms with Crippen molar-refractivity contribution in [3.63, 3.8) is 0 Å². The van der Waals surface area contributed by atoms with Crippen molar-refractivity contribution < 1.29 is 99.3 Å². The van der Waals surface area contributed by atoms with Crippen LogP contribution in [0.15, 0.2) is 54.6 Å². The predicted octanol–water partition coefficient (Wildman–Crippen LogP) is 1.31. The Morgan fingerprint density at radius 3 is 0.612 bits per heavy atom. The Morgan fingerprint density at radius 2 is 0.490 bits per heavy atom. The van der Waals surface area contributed by atoms with Crippen LogP contribution in [0.1, 0.15) is 93.2 Å². The Hall–Kier alpha value is -7.19. The molecule has 0 radical (unpaired) electrons. The van der Waals surface area contributed by atoms with Crippen LogP contribution in [0.3, 0.4) is 0 Å². The topological polar surface area (TPSA) is 376 Å². The standard InChI is InChI=1S/3C9H6O6.C2H6O2/c3*10-7(11)4-1-2-5(8(12)13)6(3-4)9(14)15;3-1-2-4/h3*1-3H,(H,10,11)(H,12,13)(H,14,15);3-4H,1-2H2. The summed E-state index contributed by atoms with van der Waals surface area (Å²) in [6.07, 6.45) is 0. The molecule has 0 aromatic heterocycles. The molecule has 0 unspecified atom stereocenters. The van der Waals surface area contributed by atoms with Crippen LogP contribution in [0.4, 0.5) is 0 Å². The lowest BCUT2D eigenvalue weighted by Gasteiger charge is -2.02. The Kier molecular flexibility index (Phi) is 16.5. The zero-order valence-electron chi connectivity index (χ0n) is 24.2. The van der Waals surface area contributed by atoms with Crippen LogP contribution in [0, 0.1) is 0 Å². The van der Waals surface area contributed by atoms with Crippen molar-refractivity contribution in [2.75, 3.05) is 13.2 Å². The third-order valence-corrected chi connectivity index (χ3v) is 5.28. The minimum Gasteiger partial charge on any atom is -0.478 e. The molecule has 0 amide bonds. The molecule has 0 atom stereocenters. The molecule has 0 aliphatic carbocycles. The second-order valence-corrected chi connectivity index (χ2v) is 8.47. The predicted molar refractivity (Wildman–Crippen MR) is 156 cm³/mol. The van der Waals surface area contributed by atoms with Gasteiger partial charge in [0, 0.05) is 0 Å². The Labute approximate surface area is 271 Å². The lowest BCUT2D eigenvalue weighted by atomic mass is 10.0. The van der Waals surface area contributed by atoms with Crippen molar-refractivity contribution >= 4 is 53.7 Å². The maximum Gasteiger partial charge on any atom is 0.336 e. The van der Waals surface area contributed by atoms with E-state index in [1.54, 1.807) is 0 Å². The second-order valence-electron chi connectivity index (χ2n) is 8.47. The highest BCUT2D eigenvalue weighted by Gasteiger charge is 2.20. The molecule has 0 bridgehead atoms. The number of aliphatic hydroxyl groups is 2. The third kappa shape index (κ3) is 13.0. The minimum atomic E-state index is -1.48. The first-order valence-corrected chi connectivity index (χ1v) is 12.4. The van der Waals surface area contributed by atoms with Crippen LogP contribution >= 0.6 is 0 Å². The summed E-state index contributed by atoms with van der Waals surface area (Å²) in [5.41, 5.74) is -3.73. The molecule has 0 aliphatic rings. The number of hydrogen-bond donors (Lipinski definition) is 11. The molecule has 20 nitrogen and oxygen atoms in total. The van der Waals surface area contributed by atoms with Crippen molar-refractivity contribution in [2.24, 2.45) is 0 Å². The monoisotopic (exact) mass is 692 g/mol. The Balaban J connectivity index is 0.000000667. The number of hydrogen-bond acceptors (Lipinski definition) is 11. The summed E-state index contributed by atoms with van der Waals surface area (Å²) in [5, 5.41) is 92.9. The van der Waals surface area contributed by atoms with E-state index in [-0.39, 0.29) is 29.9 Å². The fraction of sp³-hybridized carbons (Fsp3) is 0.0690. The molecule has 0 saturated heterocycles. The van der Waals surface area contributed by atoms with E-state index in [1.807, 2.05) is 0 Å². The SMILES string of the molecule is O=C(O)c1ccc(C(=O)O)c(C(=O)O)c1.O=C(O)c1ccc(C(=O)O)c(C(=O)O)c1.O=C(O)c1ccc(C(=O)O)c(C(=O)O)c1.OCCO. The van der Waals surface area contributed by atoms with Gasteiger partial charge in [0.15, 0.2) is 0 Å². The van der Waals surface area contributed by atoms with Gasteiger partial charge >= 0.3 is 53.7 Å². The van der Waals surface area contributed by atoms with Crippen molar-refractivity contribution in [3.05, 3.63) is 105 Å². The smallest absolute Gasteiger partial charge is 0.336 e. The first kappa shape index (κ1) is 41.8. The van der Waals surface area contributed by atoms with E-state index in [9.17, 15) is 43.2 Å². The Morgan fingerprint density at radius 1 is 0.306 bits per heavy atom. The lowest BCUT2D eigenvalue weighted by molar-refractivity contribution is 0.0648. The van der Waals surface area contributed by atoms with Gasteiger partial charge < -0.3 is 56.2 Å². The van der Waals surface area contributed by atoms with E-state index in [2.05, 4.69) is 0 Å². The molecule has 0 spiro atoms. The van der Waals surface area contributed by atoms with E-state index >= 15 is 0 Å². The lowest BCUT2D eigenvalue weighted by Crippen LogP contribution is -2.10. The molecule has 0 aliphatic heterocycles. The van der Waals surface area contributed by atoms with E-state index in [4.69, 9.17) is 56.2 Å². The van der Waals surface area contributed by atoms with Gasteiger partial charge in [-0.15, -0.1) is 0 Å². The average molecular weight is 692 g/mol. The summed E-state index contributed by atoms with van der Waals surface area (Å²) >= 11 is 0. The molecule has 0 heterocycles. The molecular weight excluding hydrogens is 668 g/mol. The van der Waals surface area contributed by atoms with Gasteiger partial charge in [-0.05, 0) is 54.6 Å². The Bertz CT molecular complexity index is 1580. The molecule has 3 aromatic rings. The van der Waals surface area contributed by atoms with Gasteiger partial charge in [-0.2, -0.15) is 0 Å². The molecule has 0 saturated carbocycles. The second kappa shape index (κ2) is 19.4. The maximum atomic E-state index is 10.6. The third-order valence-electron chi connectivity index (χ3n) is 5.28. The van der Waals surface area contributed by atoms with Crippen molar-refractivity contribution in [3.8, 4) is 0 Å². The van der Waals surface area contributed by atoms with Crippen LogP contribution in [0.5, 0.6) is 0 Å². The number of carbonyl (C=O) groups is 9. The van der Waals surface area contributed by atoms with Crippen LogP contribution < -0.4 is 0 Å². The fourth-order valence-electron chi connectivity index (χ4n) is 3.12. The molecule has 0 fully saturated rings. The maximum absolute atomic E-state index is 10.6. The summed E-state index contributed by atoms with van der Waals surface area (Å²) in [6.45, 7) is -0.250. The summed E-state index contributed by atoms with van der Waals surface area (Å²) in [4.78, 5) is 95.3. The minimum absolute atomic E-state index is 0.125. The van der Waals surface area contributed by atoms with Gasteiger partial charge in [0.05, 0.1) is 63.3 Å². The normalized spacial score (nSPS) is 9.43. The summed E-state index contributed by atoms with van der Waals surface area (Å²) in [6, 6.07) is 8.42. The van der Waals surface area contributed by atoms with Crippen molar-refractivity contribution in [1.82, 2.24) is 0 Å². The number of benzene rings is 3. The van der Waals surface area contributed by atoms with Gasteiger partial charge in [-0.1, -0.05) is 0 Å². The fourth-order valence-corrected chi connectivity index (χ4v) is 3.12. The molecule has 20 heteroatoms. The van der Waals surface area contributed by atoms with Gasteiger partial charge in [0.25, 0.3) is 0 Å². The highest BCUT2D eigenvalue weighted by molar-refractivity contribution is 6.05. The zero-order valence-corrected chi connectivity index (χ0v) is 24.2. The molecule has 3 rings (SSSR count). The molecule has 260 valence electrons. The van der Waals surface area contributed by atoms with Crippen LogP contribution in [0.25, 0.3) is 0 Å².